The number of hydrogen-bond acceptors (Lipinski definition) is 5. The summed E-state index contributed by atoms with van der Waals surface area (Å²) in [5.74, 6) is 0.857. The molecule has 0 saturated carbocycles. The lowest BCUT2D eigenvalue weighted by molar-refractivity contribution is -0.122. The second-order valence-electron chi connectivity index (χ2n) is 7.16. The van der Waals surface area contributed by atoms with Crippen molar-refractivity contribution in [1.82, 2.24) is 5.32 Å². The minimum Gasteiger partial charge on any atom is -0.486 e. The summed E-state index contributed by atoms with van der Waals surface area (Å²) in [6.45, 7) is 4.06. The van der Waals surface area contributed by atoms with Crippen LogP contribution in [0.25, 0.3) is 0 Å². The number of hydrogen-bond donors (Lipinski definition) is 1. The molecule has 1 N–H and O–H groups in total. The minimum absolute atomic E-state index is 0.190. The van der Waals surface area contributed by atoms with Crippen LogP contribution in [0.5, 0.6) is 11.5 Å². The average Bonchev–Trinajstić information content (AvgIpc) is 2.71. The molecule has 162 valence electrons. The summed E-state index contributed by atoms with van der Waals surface area (Å²) >= 11 is 6.19. The third-order valence-corrected chi connectivity index (χ3v) is 6.40. The van der Waals surface area contributed by atoms with Gasteiger partial charge in [0.2, 0.25) is 15.9 Å². The topological polar surface area (TPSA) is 84.9 Å². The van der Waals surface area contributed by atoms with Crippen LogP contribution in [0.3, 0.4) is 0 Å². The first-order chi connectivity index (χ1) is 14.2. The molecular formula is C21H25ClN2O5S. The highest BCUT2D eigenvalue weighted by atomic mass is 35.5. The van der Waals surface area contributed by atoms with Crippen LogP contribution < -0.4 is 19.1 Å². The summed E-state index contributed by atoms with van der Waals surface area (Å²) in [5.41, 5.74) is 1.17. The Morgan fingerprint density at radius 3 is 2.60 bits per heavy atom. The quantitative estimate of drug-likeness (QED) is 0.697. The van der Waals surface area contributed by atoms with Gasteiger partial charge >= 0.3 is 0 Å². The number of para-hydroxylation sites is 2. The van der Waals surface area contributed by atoms with E-state index in [1.54, 1.807) is 31.2 Å². The molecule has 30 heavy (non-hydrogen) atoms. The predicted octanol–water partition coefficient (Wildman–Crippen LogP) is 3.15. The maximum Gasteiger partial charge on any atom is 0.244 e. The summed E-state index contributed by atoms with van der Waals surface area (Å²) in [7, 11) is -3.73. The normalized spacial score (nSPS) is 16.6. The van der Waals surface area contributed by atoms with E-state index < -0.39 is 22.0 Å². The van der Waals surface area contributed by atoms with Gasteiger partial charge in [-0.3, -0.25) is 9.10 Å². The summed E-state index contributed by atoms with van der Waals surface area (Å²) < 4.78 is 37.7. The van der Waals surface area contributed by atoms with Gasteiger partial charge < -0.3 is 14.8 Å². The van der Waals surface area contributed by atoms with E-state index in [1.807, 2.05) is 25.1 Å². The van der Waals surface area contributed by atoms with Crippen LogP contribution in [-0.2, 0) is 14.8 Å². The summed E-state index contributed by atoms with van der Waals surface area (Å²) in [6, 6.07) is 11.3. The van der Waals surface area contributed by atoms with Crippen molar-refractivity contribution in [3.63, 3.8) is 0 Å². The smallest absolute Gasteiger partial charge is 0.244 e. The Labute approximate surface area is 182 Å². The number of nitrogens with zero attached hydrogens (tertiary/aromatic N) is 1. The Bertz CT molecular complexity index is 1030. The molecule has 2 atom stereocenters. The number of nitrogens with one attached hydrogen (secondary N) is 1. The molecule has 0 aliphatic carbocycles. The van der Waals surface area contributed by atoms with Gasteiger partial charge in [0.05, 0.1) is 18.5 Å². The van der Waals surface area contributed by atoms with E-state index in [-0.39, 0.29) is 25.7 Å². The molecule has 1 aliphatic heterocycles. The van der Waals surface area contributed by atoms with Gasteiger partial charge in [0.1, 0.15) is 18.8 Å². The monoisotopic (exact) mass is 452 g/mol. The maximum atomic E-state index is 12.9. The first kappa shape index (κ1) is 22.2. The molecule has 2 aromatic carbocycles. The highest BCUT2D eigenvalue weighted by Crippen LogP contribution is 2.31. The van der Waals surface area contributed by atoms with Crippen LogP contribution in [0.4, 0.5) is 5.69 Å². The molecule has 1 heterocycles. The number of sulfonamides is 1. The molecule has 3 rings (SSSR count). The average molecular weight is 453 g/mol. The third-order valence-electron chi connectivity index (χ3n) is 4.81. The van der Waals surface area contributed by atoms with Crippen LogP contribution in [0.1, 0.15) is 18.9 Å². The number of benzene rings is 2. The Morgan fingerprint density at radius 1 is 1.27 bits per heavy atom. The zero-order chi connectivity index (χ0) is 21.9. The van der Waals surface area contributed by atoms with Gasteiger partial charge in [0, 0.05) is 5.02 Å². The number of ether oxygens (including phenoxy) is 2. The fourth-order valence-electron chi connectivity index (χ4n) is 3.28. The predicted molar refractivity (Wildman–Crippen MR) is 117 cm³/mol. The lowest BCUT2D eigenvalue weighted by atomic mass is 10.1. The van der Waals surface area contributed by atoms with Gasteiger partial charge in [0.15, 0.2) is 11.5 Å². The van der Waals surface area contributed by atoms with Crippen LogP contribution in [0, 0.1) is 6.92 Å². The van der Waals surface area contributed by atoms with E-state index in [0.29, 0.717) is 22.2 Å². The molecular weight excluding hydrogens is 428 g/mol. The van der Waals surface area contributed by atoms with E-state index in [9.17, 15) is 13.2 Å². The van der Waals surface area contributed by atoms with Gasteiger partial charge in [-0.15, -0.1) is 0 Å². The van der Waals surface area contributed by atoms with Crippen molar-refractivity contribution in [2.45, 2.75) is 32.4 Å². The van der Waals surface area contributed by atoms with Crippen molar-refractivity contribution in [2.75, 3.05) is 23.7 Å². The summed E-state index contributed by atoms with van der Waals surface area (Å²) in [5, 5.41) is 3.23. The lowest BCUT2D eigenvalue weighted by Gasteiger charge is -2.31. The molecule has 0 aromatic heterocycles. The van der Waals surface area contributed by atoms with Gasteiger partial charge in [-0.2, -0.15) is 0 Å². The standard InChI is InChI=1S/C21H25ClN2O5S/c1-4-18(24(30(3,26)27)15-10-9-14(2)17(22)11-15)21(25)23-12-16-13-28-19-7-5-6-8-20(19)29-16/h5-11,16,18H,4,12-13H2,1-3H3,(H,23,25)/t16-,18-/m0/s1. The van der Waals surface area contributed by atoms with Crippen LogP contribution in [0.2, 0.25) is 5.02 Å². The van der Waals surface area contributed by atoms with Crippen molar-refractivity contribution in [1.29, 1.82) is 0 Å². The van der Waals surface area contributed by atoms with Crippen molar-refractivity contribution in [3.8, 4) is 11.5 Å². The highest BCUT2D eigenvalue weighted by Gasteiger charge is 2.32. The van der Waals surface area contributed by atoms with Crippen LogP contribution >= 0.6 is 11.6 Å². The second kappa shape index (κ2) is 9.14. The Balaban J connectivity index is 1.74. The van der Waals surface area contributed by atoms with Crippen molar-refractivity contribution in [3.05, 3.63) is 53.1 Å². The largest absolute Gasteiger partial charge is 0.486 e. The van der Waals surface area contributed by atoms with E-state index in [1.165, 1.54) is 0 Å². The van der Waals surface area contributed by atoms with Gasteiger partial charge in [-0.25, -0.2) is 8.42 Å². The number of rotatable bonds is 7. The Morgan fingerprint density at radius 2 is 1.97 bits per heavy atom. The molecule has 0 saturated heterocycles. The highest BCUT2D eigenvalue weighted by molar-refractivity contribution is 7.92. The molecule has 0 fully saturated rings. The number of halogens is 1. The van der Waals surface area contributed by atoms with E-state index >= 15 is 0 Å². The first-order valence-electron chi connectivity index (χ1n) is 9.62. The Kier molecular flexibility index (Phi) is 6.77. The van der Waals surface area contributed by atoms with E-state index in [4.69, 9.17) is 21.1 Å². The van der Waals surface area contributed by atoms with Gasteiger partial charge in [-0.05, 0) is 43.2 Å². The first-order valence-corrected chi connectivity index (χ1v) is 11.8. The molecule has 9 heteroatoms. The molecule has 0 radical (unpaired) electrons. The molecule has 0 unspecified atom stereocenters. The number of aryl methyl sites for hydroxylation is 1. The van der Waals surface area contributed by atoms with Gasteiger partial charge in [0.25, 0.3) is 0 Å². The van der Waals surface area contributed by atoms with Crippen molar-refractivity contribution < 1.29 is 22.7 Å². The zero-order valence-electron chi connectivity index (χ0n) is 17.1. The molecule has 2 aromatic rings. The number of carbonyl (C=O) groups is 1. The number of fused-ring (bicyclic) bond motifs is 1. The number of carbonyl (C=O) groups excluding carboxylic acids is 1. The zero-order valence-corrected chi connectivity index (χ0v) is 18.7. The molecule has 1 aliphatic rings. The summed E-state index contributed by atoms with van der Waals surface area (Å²) in [4.78, 5) is 12.9. The fraction of sp³-hybridized carbons (Fsp3) is 0.381. The van der Waals surface area contributed by atoms with Crippen molar-refractivity contribution in [2.24, 2.45) is 0 Å². The molecule has 0 bridgehead atoms. The molecule has 7 nitrogen and oxygen atoms in total. The van der Waals surface area contributed by atoms with Crippen molar-refractivity contribution >= 4 is 33.2 Å². The summed E-state index contributed by atoms with van der Waals surface area (Å²) in [6.07, 6.45) is 0.989. The number of amides is 1. The van der Waals surface area contributed by atoms with E-state index in [2.05, 4.69) is 5.32 Å². The third kappa shape index (κ3) is 4.99. The van der Waals surface area contributed by atoms with Gasteiger partial charge in [-0.1, -0.05) is 36.7 Å². The van der Waals surface area contributed by atoms with Crippen LogP contribution in [-0.4, -0.2) is 45.9 Å². The fourth-order valence-corrected chi connectivity index (χ4v) is 4.65. The van der Waals surface area contributed by atoms with E-state index in [0.717, 1.165) is 16.1 Å². The Hall–Kier alpha value is -2.45. The lowest BCUT2D eigenvalue weighted by Crippen LogP contribution is -2.51. The van der Waals surface area contributed by atoms with Crippen LogP contribution in [0.15, 0.2) is 42.5 Å². The molecule has 0 spiro atoms. The second-order valence-corrected chi connectivity index (χ2v) is 9.43. The SMILES string of the molecule is CC[C@@H](C(=O)NC[C@H]1COc2ccccc2O1)N(c1ccc(C)c(Cl)c1)S(C)(=O)=O. The minimum atomic E-state index is -3.73. The number of anilines is 1. The molecule has 1 amide bonds. The maximum absolute atomic E-state index is 12.9.